The molecule has 202 valence electrons. The molecule has 2 aliphatic rings. The van der Waals surface area contributed by atoms with Crippen molar-refractivity contribution in [2.45, 2.75) is 55.3 Å². The standard InChI is InChI=1S/C25H30O12/c26-10-14-6-8-16(9-7-14)35-23-20(19(29)18(28)17(11-27)36-23)37-24-21(30)25(32,13-34-24)12-33-22(31)15-4-2-1-3-5-15/h1-9,17-21,23-24,26-30,32H,10-13H2/t17-,18+,19+,20-,21+,23-,24+,25-/m1/s1. The highest BCUT2D eigenvalue weighted by Crippen LogP contribution is 2.32. The van der Waals surface area contributed by atoms with Crippen LogP contribution in [-0.2, 0) is 25.6 Å². The predicted molar refractivity (Wildman–Crippen MR) is 123 cm³/mol. The van der Waals surface area contributed by atoms with Gasteiger partial charge in [0.2, 0.25) is 6.29 Å². The zero-order valence-corrected chi connectivity index (χ0v) is 19.7. The second-order valence-electron chi connectivity index (χ2n) is 8.90. The zero-order valence-electron chi connectivity index (χ0n) is 19.7. The fourth-order valence-electron chi connectivity index (χ4n) is 4.00. The van der Waals surface area contributed by atoms with Crippen molar-refractivity contribution < 1.29 is 59.1 Å². The summed E-state index contributed by atoms with van der Waals surface area (Å²) in [6.07, 6.45) is -10.4. The molecule has 12 heteroatoms. The van der Waals surface area contributed by atoms with E-state index in [9.17, 15) is 35.4 Å². The van der Waals surface area contributed by atoms with Crippen LogP contribution < -0.4 is 4.74 Å². The number of hydrogen-bond donors (Lipinski definition) is 6. The van der Waals surface area contributed by atoms with Gasteiger partial charge in [-0.1, -0.05) is 30.3 Å². The molecule has 4 rings (SSSR count). The number of rotatable bonds is 9. The first-order valence-electron chi connectivity index (χ1n) is 11.6. The van der Waals surface area contributed by atoms with Crippen molar-refractivity contribution in [2.24, 2.45) is 0 Å². The minimum absolute atomic E-state index is 0.177. The maximum atomic E-state index is 12.2. The van der Waals surface area contributed by atoms with Crippen molar-refractivity contribution in [1.29, 1.82) is 0 Å². The number of hydrogen-bond acceptors (Lipinski definition) is 12. The Kier molecular flexibility index (Phi) is 8.75. The van der Waals surface area contributed by atoms with Gasteiger partial charge in [-0.3, -0.25) is 0 Å². The minimum atomic E-state index is -2.02. The monoisotopic (exact) mass is 522 g/mol. The van der Waals surface area contributed by atoms with Crippen LogP contribution in [0.1, 0.15) is 15.9 Å². The molecule has 6 N–H and O–H groups in total. The number of aliphatic hydroxyl groups is 6. The number of aliphatic hydroxyl groups excluding tert-OH is 5. The molecule has 12 nitrogen and oxygen atoms in total. The number of ether oxygens (including phenoxy) is 5. The van der Waals surface area contributed by atoms with E-state index in [2.05, 4.69) is 0 Å². The van der Waals surface area contributed by atoms with Gasteiger partial charge in [-0.2, -0.15) is 0 Å². The summed E-state index contributed by atoms with van der Waals surface area (Å²) in [6, 6.07) is 14.4. The summed E-state index contributed by atoms with van der Waals surface area (Å²) in [4.78, 5) is 12.2. The van der Waals surface area contributed by atoms with Gasteiger partial charge in [-0.15, -0.1) is 0 Å². The van der Waals surface area contributed by atoms with Crippen LogP contribution >= 0.6 is 0 Å². The van der Waals surface area contributed by atoms with E-state index in [1.165, 1.54) is 24.3 Å². The summed E-state index contributed by atoms with van der Waals surface area (Å²) in [7, 11) is 0. The van der Waals surface area contributed by atoms with Crippen LogP contribution in [0.15, 0.2) is 54.6 Å². The summed E-state index contributed by atoms with van der Waals surface area (Å²) < 4.78 is 27.6. The van der Waals surface area contributed by atoms with Gasteiger partial charge in [-0.05, 0) is 29.8 Å². The summed E-state index contributed by atoms with van der Waals surface area (Å²) in [5.41, 5.74) is -1.13. The molecule has 2 aliphatic heterocycles. The van der Waals surface area contributed by atoms with E-state index in [4.69, 9.17) is 23.7 Å². The molecule has 0 unspecified atom stereocenters. The van der Waals surface area contributed by atoms with E-state index < -0.39 is 74.5 Å². The molecule has 8 atom stereocenters. The summed E-state index contributed by atoms with van der Waals surface area (Å²) in [6.45, 7) is -1.86. The van der Waals surface area contributed by atoms with Gasteiger partial charge >= 0.3 is 5.97 Å². The van der Waals surface area contributed by atoms with Crippen molar-refractivity contribution in [2.75, 3.05) is 19.8 Å². The van der Waals surface area contributed by atoms with Gasteiger partial charge in [0.25, 0.3) is 0 Å². The lowest BCUT2D eigenvalue weighted by Crippen LogP contribution is -2.62. The Labute approximate surface area is 212 Å². The fraction of sp³-hybridized carbons (Fsp3) is 0.480. The molecule has 2 fully saturated rings. The van der Waals surface area contributed by atoms with E-state index >= 15 is 0 Å². The second-order valence-corrected chi connectivity index (χ2v) is 8.90. The molecule has 0 aliphatic carbocycles. The van der Waals surface area contributed by atoms with Crippen LogP contribution in [0.5, 0.6) is 5.75 Å². The highest BCUT2D eigenvalue weighted by atomic mass is 16.8. The molecule has 2 aromatic carbocycles. The summed E-state index contributed by atoms with van der Waals surface area (Å²) >= 11 is 0. The van der Waals surface area contributed by atoms with E-state index in [1.54, 1.807) is 30.3 Å². The van der Waals surface area contributed by atoms with Crippen molar-refractivity contribution >= 4 is 5.97 Å². The second kappa shape index (κ2) is 11.8. The molecule has 2 aromatic rings. The van der Waals surface area contributed by atoms with E-state index in [0.29, 0.717) is 5.56 Å². The average Bonchev–Trinajstić information content (AvgIpc) is 3.21. The van der Waals surface area contributed by atoms with Gasteiger partial charge in [0.05, 0.1) is 25.4 Å². The fourth-order valence-corrected chi connectivity index (χ4v) is 4.00. The van der Waals surface area contributed by atoms with Gasteiger partial charge in [0.15, 0.2) is 18.0 Å². The Morgan fingerprint density at radius 2 is 1.68 bits per heavy atom. The van der Waals surface area contributed by atoms with Crippen LogP contribution in [-0.4, -0.2) is 105 Å². The summed E-state index contributed by atoms with van der Waals surface area (Å²) in [5, 5.41) is 61.4. The predicted octanol–water partition coefficient (Wildman–Crippen LogP) is -1.31. The third kappa shape index (κ3) is 6.09. The highest BCUT2D eigenvalue weighted by Gasteiger charge is 2.54. The number of benzene rings is 2. The van der Waals surface area contributed by atoms with Crippen molar-refractivity contribution in [3.8, 4) is 5.75 Å². The zero-order chi connectivity index (χ0) is 26.6. The molecule has 0 bridgehead atoms. The molecule has 0 spiro atoms. The lowest BCUT2D eigenvalue weighted by molar-refractivity contribution is -0.318. The average molecular weight is 523 g/mol. The Balaban J connectivity index is 1.44. The van der Waals surface area contributed by atoms with E-state index in [0.717, 1.165) is 0 Å². The molecule has 2 heterocycles. The van der Waals surface area contributed by atoms with Crippen molar-refractivity contribution in [1.82, 2.24) is 0 Å². The minimum Gasteiger partial charge on any atom is -0.462 e. The lowest BCUT2D eigenvalue weighted by atomic mass is 9.98. The molecular weight excluding hydrogens is 492 g/mol. The number of esters is 1. The third-order valence-corrected chi connectivity index (χ3v) is 6.24. The third-order valence-electron chi connectivity index (χ3n) is 6.24. The maximum Gasteiger partial charge on any atom is 0.338 e. The first-order valence-corrected chi connectivity index (χ1v) is 11.6. The highest BCUT2D eigenvalue weighted by molar-refractivity contribution is 5.89. The lowest BCUT2D eigenvalue weighted by Gasteiger charge is -2.42. The Morgan fingerprint density at radius 1 is 0.973 bits per heavy atom. The smallest absolute Gasteiger partial charge is 0.338 e. The summed E-state index contributed by atoms with van der Waals surface area (Å²) in [5.74, 6) is -0.436. The van der Waals surface area contributed by atoms with Crippen LogP contribution in [0.25, 0.3) is 0 Å². The van der Waals surface area contributed by atoms with Gasteiger partial charge in [0.1, 0.15) is 36.8 Å². The van der Waals surface area contributed by atoms with Gasteiger partial charge in [-0.25, -0.2) is 4.79 Å². The van der Waals surface area contributed by atoms with Gasteiger partial charge < -0.3 is 54.3 Å². The van der Waals surface area contributed by atoms with E-state index in [1.807, 2.05) is 0 Å². The largest absolute Gasteiger partial charge is 0.462 e. The normalized spacial score (nSPS) is 33.7. The van der Waals surface area contributed by atoms with Crippen molar-refractivity contribution in [3.63, 3.8) is 0 Å². The molecule has 0 saturated carbocycles. The Morgan fingerprint density at radius 3 is 2.32 bits per heavy atom. The Bertz CT molecular complexity index is 1020. The topological polar surface area (TPSA) is 185 Å². The van der Waals surface area contributed by atoms with Crippen LogP contribution in [0, 0.1) is 0 Å². The number of carbonyl (C=O) groups excluding carboxylic acids is 1. The molecular formula is C25H30O12. The molecule has 37 heavy (non-hydrogen) atoms. The Hall–Kier alpha value is -2.65. The van der Waals surface area contributed by atoms with Crippen LogP contribution in [0.2, 0.25) is 0 Å². The van der Waals surface area contributed by atoms with Crippen LogP contribution in [0.4, 0.5) is 0 Å². The molecule has 0 radical (unpaired) electrons. The first kappa shape index (κ1) is 27.4. The maximum absolute atomic E-state index is 12.2. The molecule has 0 amide bonds. The van der Waals surface area contributed by atoms with E-state index in [-0.39, 0.29) is 17.9 Å². The molecule has 2 saturated heterocycles. The molecule has 0 aromatic heterocycles. The SMILES string of the molecule is O=C(OC[C@@]1(O)CO[C@@H](O[C@H]2[C@H](Oc3ccc(CO)cc3)O[C@H](CO)[C@H](O)[C@@H]2O)[C@@H]1O)c1ccccc1. The van der Waals surface area contributed by atoms with Gasteiger partial charge in [0, 0.05) is 0 Å². The quantitative estimate of drug-likeness (QED) is 0.214. The van der Waals surface area contributed by atoms with Crippen molar-refractivity contribution in [3.05, 3.63) is 65.7 Å². The number of carbonyl (C=O) groups is 1. The van der Waals surface area contributed by atoms with Crippen LogP contribution in [0.3, 0.4) is 0 Å². The first-order chi connectivity index (χ1) is 17.8.